The van der Waals surface area contributed by atoms with Crippen LogP contribution < -0.4 is 4.90 Å². The molecule has 1 aromatic heterocycles. The Bertz CT molecular complexity index is 499. The highest BCUT2D eigenvalue weighted by atomic mass is 16.6. The van der Waals surface area contributed by atoms with Gasteiger partial charge in [0.25, 0.3) is 0 Å². The number of carbonyl (C=O) groups is 1. The number of hydrogen-bond donors (Lipinski definition) is 1. The van der Waals surface area contributed by atoms with Gasteiger partial charge in [-0.3, -0.25) is 14.9 Å². The van der Waals surface area contributed by atoms with Crippen molar-refractivity contribution < 1.29 is 14.8 Å². The molecule has 0 aromatic carbocycles. The third kappa shape index (κ3) is 2.55. The number of pyridine rings is 1. The lowest BCUT2D eigenvalue weighted by atomic mass is 10.3. The van der Waals surface area contributed by atoms with Crippen LogP contribution in [0.25, 0.3) is 0 Å². The number of hydrogen-bond acceptors (Lipinski definition) is 5. The maximum absolute atomic E-state index is 11.0. The van der Waals surface area contributed by atoms with Gasteiger partial charge in [0.2, 0.25) is 5.82 Å². The topological polar surface area (TPSA) is 96.6 Å². The molecule has 18 heavy (non-hydrogen) atoms. The molecule has 1 aromatic rings. The third-order valence-electron chi connectivity index (χ3n) is 2.76. The second kappa shape index (κ2) is 4.59. The van der Waals surface area contributed by atoms with Gasteiger partial charge in [0.05, 0.1) is 4.92 Å². The zero-order valence-corrected chi connectivity index (χ0v) is 9.87. The summed E-state index contributed by atoms with van der Waals surface area (Å²) in [5.74, 6) is -0.857. The number of aliphatic carboxylic acids is 1. The largest absolute Gasteiger partial charge is 0.480 e. The van der Waals surface area contributed by atoms with Crippen molar-refractivity contribution in [3.63, 3.8) is 0 Å². The molecule has 2 rings (SSSR count). The molecule has 0 radical (unpaired) electrons. The van der Waals surface area contributed by atoms with Crippen LogP contribution in [-0.2, 0) is 4.79 Å². The van der Waals surface area contributed by atoms with Crippen LogP contribution in [0.5, 0.6) is 0 Å². The minimum Gasteiger partial charge on any atom is -0.480 e. The summed E-state index contributed by atoms with van der Waals surface area (Å²) in [5, 5.41) is 19.8. The highest BCUT2D eigenvalue weighted by Crippen LogP contribution is 2.35. The molecular weight excluding hydrogens is 238 g/mol. The van der Waals surface area contributed by atoms with E-state index in [1.165, 1.54) is 11.0 Å². The molecule has 0 atom stereocenters. The van der Waals surface area contributed by atoms with E-state index in [1.54, 1.807) is 13.0 Å². The fraction of sp³-hybridized carbons (Fsp3) is 0.455. The average molecular weight is 251 g/mol. The van der Waals surface area contributed by atoms with E-state index in [0.29, 0.717) is 5.69 Å². The monoisotopic (exact) mass is 251 g/mol. The Balaban J connectivity index is 2.41. The predicted molar refractivity (Wildman–Crippen MR) is 63.6 cm³/mol. The summed E-state index contributed by atoms with van der Waals surface area (Å²) < 4.78 is 0. The van der Waals surface area contributed by atoms with Crippen LogP contribution in [0.15, 0.2) is 12.1 Å². The number of anilines is 1. The molecule has 0 bridgehead atoms. The Kier molecular flexibility index (Phi) is 3.14. The maximum Gasteiger partial charge on any atom is 0.323 e. The Labute approximate surface area is 103 Å². The van der Waals surface area contributed by atoms with Gasteiger partial charge in [-0.25, -0.2) is 4.98 Å². The average Bonchev–Trinajstić information content (AvgIpc) is 3.08. The fourth-order valence-electron chi connectivity index (χ4n) is 1.80. The highest BCUT2D eigenvalue weighted by molar-refractivity contribution is 5.75. The lowest BCUT2D eigenvalue weighted by Crippen LogP contribution is -2.33. The number of aromatic nitrogens is 1. The van der Waals surface area contributed by atoms with Gasteiger partial charge in [0, 0.05) is 17.8 Å². The van der Waals surface area contributed by atoms with Crippen LogP contribution in [0.4, 0.5) is 11.5 Å². The van der Waals surface area contributed by atoms with Crippen molar-refractivity contribution in [1.29, 1.82) is 0 Å². The van der Waals surface area contributed by atoms with Crippen molar-refractivity contribution in [3.8, 4) is 0 Å². The van der Waals surface area contributed by atoms with Gasteiger partial charge < -0.3 is 10.0 Å². The summed E-state index contributed by atoms with van der Waals surface area (Å²) in [6, 6.07) is 2.97. The van der Waals surface area contributed by atoms with E-state index in [1.807, 2.05) is 0 Å². The van der Waals surface area contributed by atoms with E-state index in [2.05, 4.69) is 4.98 Å². The van der Waals surface area contributed by atoms with E-state index >= 15 is 0 Å². The molecule has 1 saturated carbocycles. The molecule has 0 aliphatic heterocycles. The van der Waals surface area contributed by atoms with Crippen LogP contribution in [0.1, 0.15) is 18.5 Å². The van der Waals surface area contributed by atoms with E-state index < -0.39 is 10.9 Å². The molecule has 0 spiro atoms. The molecule has 0 unspecified atom stereocenters. The first-order chi connectivity index (χ1) is 8.49. The van der Waals surface area contributed by atoms with Gasteiger partial charge in [0.15, 0.2) is 0 Å². The van der Waals surface area contributed by atoms with Gasteiger partial charge in [-0.1, -0.05) is 0 Å². The highest BCUT2D eigenvalue weighted by Gasteiger charge is 2.35. The van der Waals surface area contributed by atoms with Crippen molar-refractivity contribution in [2.45, 2.75) is 25.8 Å². The van der Waals surface area contributed by atoms with Gasteiger partial charge in [-0.2, -0.15) is 0 Å². The van der Waals surface area contributed by atoms with Crippen molar-refractivity contribution in [1.82, 2.24) is 4.98 Å². The van der Waals surface area contributed by atoms with E-state index in [4.69, 9.17) is 5.11 Å². The summed E-state index contributed by atoms with van der Waals surface area (Å²) >= 11 is 0. The number of carboxylic acids is 1. The third-order valence-corrected chi connectivity index (χ3v) is 2.76. The van der Waals surface area contributed by atoms with Crippen molar-refractivity contribution in [3.05, 3.63) is 27.9 Å². The molecule has 96 valence electrons. The quantitative estimate of drug-likeness (QED) is 0.626. The molecule has 7 heteroatoms. The Morgan fingerprint density at radius 1 is 1.61 bits per heavy atom. The first kappa shape index (κ1) is 12.3. The van der Waals surface area contributed by atoms with Gasteiger partial charge in [-0.15, -0.1) is 0 Å². The molecule has 1 aliphatic rings. The number of nitrogens with zero attached hydrogens (tertiary/aromatic N) is 3. The van der Waals surface area contributed by atoms with Crippen LogP contribution in [0, 0.1) is 17.0 Å². The van der Waals surface area contributed by atoms with Crippen molar-refractivity contribution in [2.75, 3.05) is 11.4 Å². The zero-order chi connectivity index (χ0) is 13.3. The number of nitro groups is 1. The first-order valence-electron chi connectivity index (χ1n) is 5.59. The van der Waals surface area contributed by atoms with Crippen LogP contribution in [0.3, 0.4) is 0 Å². The Morgan fingerprint density at radius 3 is 2.78 bits per heavy atom. The van der Waals surface area contributed by atoms with Gasteiger partial charge in [-0.05, 0) is 25.8 Å². The molecule has 1 heterocycles. The molecular formula is C11H13N3O4. The fourth-order valence-corrected chi connectivity index (χ4v) is 1.80. The molecule has 0 saturated heterocycles. The lowest BCUT2D eigenvalue weighted by Gasteiger charge is -2.21. The first-order valence-corrected chi connectivity index (χ1v) is 5.59. The second-order valence-corrected chi connectivity index (χ2v) is 4.31. The van der Waals surface area contributed by atoms with Gasteiger partial charge in [0.1, 0.15) is 6.54 Å². The SMILES string of the molecule is Cc1ccc([N+](=O)[O-])c(N(CC(=O)O)C2CC2)n1. The van der Waals surface area contributed by atoms with E-state index in [-0.39, 0.29) is 24.1 Å². The predicted octanol–water partition coefficient (Wildman–Crippen LogP) is 1.35. The molecule has 1 N–H and O–H groups in total. The molecule has 7 nitrogen and oxygen atoms in total. The standard InChI is InChI=1S/C11H13N3O4/c1-7-2-5-9(14(17)18)11(12-7)13(6-10(15)16)8-3-4-8/h2,5,8H,3-4,6H2,1H3,(H,15,16). The smallest absolute Gasteiger partial charge is 0.323 e. The van der Waals surface area contributed by atoms with E-state index in [9.17, 15) is 14.9 Å². The van der Waals surface area contributed by atoms with Crippen LogP contribution in [-0.4, -0.2) is 33.6 Å². The summed E-state index contributed by atoms with van der Waals surface area (Å²) in [5.41, 5.74) is 0.486. The molecule has 0 amide bonds. The minimum atomic E-state index is -1.01. The lowest BCUT2D eigenvalue weighted by molar-refractivity contribution is -0.384. The summed E-state index contributed by atoms with van der Waals surface area (Å²) in [7, 11) is 0. The maximum atomic E-state index is 11.0. The number of carboxylic acid groups (broad SMARTS) is 1. The van der Waals surface area contributed by atoms with Crippen molar-refractivity contribution >= 4 is 17.5 Å². The van der Waals surface area contributed by atoms with Crippen LogP contribution in [0.2, 0.25) is 0 Å². The summed E-state index contributed by atoms with van der Waals surface area (Å²) in [6.45, 7) is 1.46. The Hall–Kier alpha value is -2.18. The molecule has 1 fully saturated rings. The van der Waals surface area contributed by atoms with Gasteiger partial charge >= 0.3 is 11.7 Å². The minimum absolute atomic E-state index is 0.0501. The normalized spacial score (nSPS) is 14.3. The molecule has 1 aliphatic carbocycles. The summed E-state index contributed by atoms with van der Waals surface area (Å²) in [6.07, 6.45) is 1.69. The zero-order valence-electron chi connectivity index (χ0n) is 9.87. The number of rotatable bonds is 5. The number of aryl methyl sites for hydroxylation is 1. The van der Waals surface area contributed by atoms with E-state index in [0.717, 1.165) is 12.8 Å². The van der Waals surface area contributed by atoms with Crippen molar-refractivity contribution in [2.24, 2.45) is 0 Å². The summed E-state index contributed by atoms with van der Waals surface area (Å²) in [4.78, 5) is 26.9. The second-order valence-electron chi connectivity index (χ2n) is 4.31. The van der Waals surface area contributed by atoms with Crippen LogP contribution >= 0.6 is 0 Å². The Morgan fingerprint density at radius 2 is 2.28 bits per heavy atom.